The van der Waals surface area contributed by atoms with Crippen molar-refractivity contribution in [1.82, 2.24) is 19.8 Å². The smallest absolute Gasteiger partial charge is 0.323 e. The van der Waals surface area contributed by atoms with Gasteiger partial charge in [0.1, 0.15) is 23.5 Å². The van der Waals surface area contributed by atoms with E-state index < -0.39 is 6.03 Å². The molecule has 0 saturated heterocycles. The molecule has 0 aliphatic carbocycles. The zero-order chi connectivity index (χ0) is 20.2. The van der Waals surface area contributed by atoms with Crippen molar-refractivity contribution >= 4 is 23.1 Å². The lowest BCUT2D eigenvalue weighted by atomic mass is 10.1. The van der Waals surface area contributed by atoms with E-state index in [1.807, 2.05) is 30.3 Å². The van der Waals surface area contributed by atoms with E-state index in [0.717, 1.165) is 11.3 Å². The molecule has 4 rings (SSSR count). The van der Waals surface area contributed by atoms with E-state index in [-0.39, 0.29) is 0 Å². The second-order valence-corrected chi connectivity index (χ2v) is 6.05. The van der Waals surface area contributed by atoms with E-state index in [2.05, 4.69) is 25.9 Å². The molecule has 2 aromatic carbocycles. The van der Waals surface area contributed by atoms with Gasteiger partial charge in [0, 0.05) is 11.3 Å². The minimum atomic E-state index is -0.424. The number of nitrogens with one attached hydrogen (secondary N) is 2. The SMILES string of the molecule is COc1cccc(OC)c1NC(=O)Nc1cccc(-c2ccc3nncn3n2)c1. The summed E-state index contributed by atoms with van der Waals surface area (Å²) in [5.41, 5.74) is 3.29. The molecule has 0 radical (unpaired) electrons. The fourth-order valence-electron chi connectivity index (χ4n) is 2.89. The Labute approximate surface area is 166 Å². The summed E-state index contributed by atoms with van der Waals surface area (Å²) in [6.07, 6.45) is 1.54. The molecule has 2 heterocycles. The molecule has 9 heteroatoms. The Morgan fingerprint density at radius 1 is 0.966 bits per heavy atom. The van der Waals surface area contributed by atoms with Crippen molar-refractivity contribution in [3.05, 3.63) is 60.9 Å². The van der Waals surface area contributed by atoms with Gasteiger partial charge in [-0.2, -0.15) is 9.61 Å². The Hall–Kier alpha value is -4.14. The van der Waals surface area contributed by atoms with Gasteiger partial charge >= 0.3 is 6.03 Å². The number of methoxy groups -OCH3 is 2. The van der Waals surface area contributed by atoms with Crippen LogP contribution >= 0.6 is 0 Å². The van der Waals surface area contributed by atoms with Gasteiger partial charge in [0.25, 0.3) is 0 Å². The number of aromatic nitrogens is 4. The Balaban J connectivity index is 1.54. The summed E-state index contributed by atoms with van der Waals surface area (Å²) >= 11 is 0. The summed E-state index contributed by atoms with van der Waals surface area (Å²) in [6.45, 7) is 0. The average molecular weight is 390 g/mol. The van der Waals surface area contributed by atoms with Gasteiger partial charge in [0.15, 0.2) is 5.65 Å². The van der Waals surface area contributed by atoms with Crippen LogP contribution in [0.4, 0.5) is 16.2 Å². The molecule has 0 saturated carbocycles. The van der Waals surface area contributed by atoms with Crippen LogP contribution in [0.15, 0.2) is 60.9 Å². The third-order valence-corrected chi connectivity index (χ3v) is 4.24. The van der Waals surface area contributed by atoms with Gasteiger partial charge in [-0.15, -0.1) is 10.2 Å². The number of urea groups is 1. The molecule has 0 spiro atoms. The predicted octanol–water partition coefficient (Wildman–Crippen LogP) is 3.45. The highest BCUT2D eigenvalue weighted by Crippen LogP contribution is 2.34. The first kappa shape index (κ1) is 18.2. The normalized spacial score (nSPS) is 10.6. The Morgan fingerprint density at radius 2 is 1.72 bits per heavy atom. The summed E-state index contributed by atoms with van der Waals surface area (Å²) in [6, 6.07) is 15.9. The van der Waals surface area contributed by atoms with Crippen LogP contribution in [-0.2, 0) is 0 Å². The second kappa shape index (κ2) is 7.85. The van der Waals surface area contributed by atoms with Gasteiger partial charge in [-0.25, -0.2) is 4.79 Å². The lowest BCUT2D eigenvalue weighted by Gasteiger charge is -2.14. The van der Waals surface area contributed by atoms with Crippen LogP contribution in [0.2, 0.25) is 0 Å². The first-order chi connectivity index (χ1) is 14.2. The van der Waals surface area contributed by atoms with E-state index in [0.29, 0.717) is 28.5 Å². The zero-order valence-corrected chi connectivity index (χ0v) is 15.8. The Morgan fingerprint density at radius 3 is 2.48 bits per heavy atom. The number of carbonyl (C=O) groups excluding carboxylic acids is 1. The molecule has 2 aromatic heterocycles. The standard InChI is InChI=1S/C20H18N6O3/c1-28-16-7-4-8-17(29-2)19(16)23-20(27)22-14-6-3-5-13(11-14)15-9-10-18-24-21-12-26(18)25-15/h3-12H,1-2H3,(H2,22,23,27). The van der Waals surface area contributed by atoms with Crippen molar-refractivity contribution < 1.29 is 14.3 Å². The summed E-state index contributed by atoms with van der Waals surface area (Å²) in [4.78, 5) is 12.5. The fourth-order valence-corrected chi connectivity index (χ4v) is 2.89. The second-order valence-electron chi connectivity index (χ2n) is 6.05. The average Bonchev–Trinajstić information content (AvgIpc) is 3.22. The number of fused-ring (bicyclic) bond motifs is 1. The largest absolute Gasteiger partial charge is 0.494 e. The molecule has 0 unspecified atom stereocenters. The van der Waals surface area contributed by atoms with Crippen LogP contribution in [-0.4, -0.2) is 40.1 Å². The maximum Gasteiger partial charge on any atom is 0.323 e. The lowest BCUT2D eigenvalue weighted by Crippen LogP contribution is -2.20. The number of para-hydroxylation sites is 1. The predicted molar refractivity (Wildman–Crippen MR) is 108 cm³/mol. The molecular weight excluding hydrogens is 372 g/mol. The van der Waals surface area contributed by atoms with Crippen molar-refractivity contribution in [3.63, 3.8) is 0 Å². The lowest BCUT2D eigenvalue weighted by molar-refractivity contribution is 0.262. The Kier molecular flexibility index (Phi) is 4.93. The highest BCUT2D eigenvalue weighted by atomic mass is 16.5. The molecule has 2 amide bonds. The van der Waals surface area contributed by atoms with Gasteiger partial charge in [0.2, 0.25) is 0 Å². The topological polar surface area (TPSA) is 103 Å². The van der Waals surface area contributed by atoms with E-state index in [4.69, 9.17) is 9.47 Å². The third kappa shape index (κ3) is 3.79. The molecule has 0 aliphatic heterocycles. The monoisotopic (exact) mass is 390 g/mol. The first-order valence-corrected chi connectivity index (χ1v) is 8.74. The van der Waals surface area contributed by atoms with Gasteiger partial charge in [0.05, 0.1) is 19.9 Å². The molecule has 0 aliphatic rings. The fraction of sp³-hybridized carbons (Fsp3) is 0.100. The van der Waals surface area contributed by atoms with Crippen molar-refractivity contribution in [3.8, 4) is 22.8 Å². The third-order valence-electron chi connectivity index (χ3n) is 4.24. The summed E-state index contributed by atoms with van der Waals surface area (Å²) in [5, 5.41) is 17.8. The quantitative estimate of drug-likeness (QED) is 0.541. The van der Waals surface area contributed by atoms with Crippen LogP contribution in [0.5, 0.6) is 11.5 Å². The van der Waals surface area contributed by atoms with Gasteiger partial charge in [-0.3, -0.25) is 0 Å². The van der Waals surface area contributed by atoms with Crippen LogP contribution in [0.1, 0.15) is 0 Å². The number of nitrogens with zero attached hydrogens (tertiary/aromatic N) is 4. The van der Waals surface area contributed by atoms with Crippen molar-refractivity contribution in [2.24, 2.45) is 0 Å². The van der Waals surface area contributed by atoms with Crippen molar-refractivity contribution in [2.45, 2.75) is 0 Å². The molecular formula is C20H18N6O3. The maximum absolute atomic E-state index is 12.5. The number of benzene rings is 2. The Bertz CT molecular complexity index is 1150. The number of ether oxygens (including phenoxy) is 2. The summed E-state index contributed by atoms with van der Waals surface area (Å²) in [5.74, 6) is 0.999. The molecule has 2 N–H and O–H groups in total. The summed E-state index contributed by atoms with van der Waals surface area (Å²) < 4.78 is 12.2. The number of hydrogen-bond donors (Lipinski definition) is 2. The van der Waals surface area contributed by atoms with Gasteiger partial charge < -0.3 is 20.1 Å². The molecule has 29 heavy (non-hydrogen) atoms. The van der Waals surface area contributed by atoms with Gasteiger partial charge in [-0.05, 0) is 36.4 Å². The summed E-state index contributed by atoms with van der Waals surface area (Å²) in [7, 11) is 3.06. The molecule has 4 aromatic rings. The van der Waals surface area contributed by atoms with Crippen LogP contribution in [0, 0.1) is 0 Å². The highest BCUT2D eigenvalue weighted by Gasteiger charge is 2.13. The van der Waals surface area contributed by atoms with Crippen LogP contribution < -0.4 is 20.1 Å². The first-order valence-electron chi connectivity index (χ1n) is 8.74. The van der Waals surface area contributed by atoms with Crippen LogP contribution in [0.3, 0.4) is 0 Å². The van der Waals surface area contributed by atoms with Crippen LogP contribution in [0.25, 0.3) is 16.9 Å². The molecule has 146 valence electrons. The van der Waals surface area contributed by atoms with E-state index in [1.54, 1.807) is 28.8 Å². The minimum Gasteiger partial charge on any atom is -0.494 e. The number of amides is 2. The van der Waals surface area contributed by atoms with E-state index in [9.17, 15) is 4.79 Å². The van der Waals surface area contributed by atoms with Gasteiger partial charge in [-0.1, -0.05) is 18.2 Å². The van der Waals surface area contributed by atoms with Crippen molar-refractivity contribution in [2.75, 3.05) is 24.9 Å². The van der Waals surface area contributed by atoms with E-state index in [1.165, 1.54) is 20.5 Å². The molecule has 0 fully saturated rings. The number of rotatable bonds is 5. The van der Waals surface area contributed by atoms with E-state index >= 15 is 0 Å². The number of hydrogen-bond acceptors (Lipinski definition) is 6. The van der Waals surface area contributed by atoms with Crippen molar-refractivity contribution in [1.29, 1.82) is 0 Å². The number of carbonyl (C=O) groups is 1. The molecule has 0 atom stereocenters. The maximum atomic E-state index is 12.5. The zero-order valence-electron chi connectivity index (χ0n) is 15.8. The molecule has 9 nitrogen and oxygen atoms in total. The number of anilines is 2. The highest BCUT2D eigenvalue weighted by molar-refractivity contribution is 6.02. The molecule has 0 bridgehead atoms. The minimum absolute atomic E-state index is 0.424.